The van der Waals surface area contributed by atoms with Gasteiger partial charge in [-0.15, -0.1) is 0 Å². The molecule has 0 amide bonds. The number of alkyl halides is 1. The van der Waals surface area contributed by atoms with E-state index in [9.17, 15) is 17.6 Å². The van der Waals surface area contributed by atoms with Gasteiger partial charge in [0.1, 0.15) is 0 Å². The van der Waals surface area contributed by atoms with Crippen LogP contribution in [0.1, 0.15) is 51.9 Å². The molecule has 1 N–H and O–H groups in total. The summed E-state index contributed by atoms with van der Waals surface area (Å²) in [6, 6.07) is 0. The number of Topliss-reactive ketones (excluding diaryl/α,β-unsaturated/α-hetero) is 1. The molecule has 0 radical (unpaired) electrons. The zero-order chi connectivity index (χ0) is 13.1. The molecular formula is C11H19FO4S. The summed E-state index contributed by atoms with van der Waals surface area (Å²) in [6.07, 6.45) is 3.71. The van der Waals surface area contributed by atoms with Crippen LogP contribution in [0.3, 0.4) is 0 Å². The molecule has 1 aliphatic carbocycles. The topological polar surface area (TPSA) is 71.4 Å². The van der Waals surface area contributed by atoms with Crippen LogP contribution >= 0.6 is 0 Å². The zero-order valence-electron chi connectivity index (χ0n) is 9.99. The van der Waals surface area contributed by atoms with Crippen LogP contribution in [0, 0.1) is 5.92 Å². The third-order valence-corrected chi connectivity index (χ3v) is 4.63. The summed E-state index contributed by atoms with van der Waals surface area (Å²) >= 11 is 0. The molecule has 0 spiro atoms. The minimum Gasteiger partial charge on any atom is -0.295 e. The average molecular weight is 266 g/mol. The molecule has 17 heavy (non-hydrogen) atoms. The minimum absolute atomic E-state index is 0.133. The van der Waals surface area contributed by atoms with E-state index in [2.05, 4.69) is 0 Å². The lowest BCUT2D eigenvalue weighted by molar-refractivity contribution is -0.126. The van der Waals surface area contributed by atoms with Gasteiger partial charge >= 0.3 is 10.1 Å². The second-order valence-corrected chi connectivity index (χ2v) is 6.29. The molecule has 1 atom stereocenters. The molecule has 1 fully saturated rings. The summed E-state index contributed by atoms with van der Waals surface area (Å²) in [5.74, 6) is -1.18. The van der Waals surface area contributed by atoms with Gasteiger partial charge in [-0.25, -0.2) is 4.39 Å². The summed E-state index contributed by atoms with van der Waals surface area (Å²) in [5, 5.41) is -3.11. The first-order chi connectivity index (χ1) is 7.81. The van der Waals surface area contributed by atoms with Gasteiger partial charge in [0.2, 0.25) is 0 Å². The quantitative estimate of drug-likeness (QED) is 0.776. The fraction of sp³-hybridized carbons (Fsp3) is 0.909. The van der Waals surface area contributed by atoms with Gasteiger partial charge in [0.25, 0.3) is 5.00 Å². The average Bonchev–Trinajstić information content (AvgIpc) is 2.27. The molecule has 0 bridgehead atoms. The highest BCUT2D eigenvalue weighted by Crippen LogP contribution is 2.36. The largest absolute Gasteiger partial charge is 0.307 e. The molecule has 1 aliphatic rings. The first kappa shape index (κ1) is 14.6. The van der Waals surface area contributed by atoms with Crippen molar-refractivity contribution in [3.8, 4) is 0 Å². The molecule has 0 saturated heterocycles. The Bertz CT molecular complexity index is 373. The second-order valence-electron chi connectivity index (χ2n) is 4.69. The van der Waals surface area contributed by atoms with Crippen LogP contribution in [0.15, 0.2) is 0 Å². The smallest absolute Gasteiger partial charge is 0.295 e. The fourth-order valence-electron chi connectivity index (χ4n) is 2.39. The van der Waals surface area contributed by atoms with Crippen molar-refractivity contribution in [1.82, 2.24) is 0 Å². The lowest BCUT2D eigenvalue weighted by atomic mass is 9.84. The van der Waals surface area contributed by atoms with Gasteiger partial charge in [-0.2, -0.15) is 8.42 Å². The van der Waals surface area contributed by atoms with Crippen LogP contribution in [-0.4, -0.2) is 23.8 Å². The summed E-state index contributed by atoms with van der Waals surface area (Å²) in [5.41, 5.74) is 0. The van der Waals surface area contributed by atoms with Gasteiger partial charge in [0, 0.05) is 12.8 Å². The molecule has 0 aromatic carbocycles. The highest BCUT2D eigenvalue weighted by atomic mass is 32.2. The molecule has 4 nitrogen and oxygen atoms in total. The van der Waals surface area contributed by atoms with Gasteiger partial charge in [-0.1, -0.05) is 39.0 Å². The van der Waals surface area contributed by atoms with E-state index in [1.807, 2.05) is 0 Å². The molecule has 1 saturated carbocycles. The van der Waals surface area contributed by atoms with Crippen LogP contribution < -0.4 is 0 Å². The van der Waals surface area contributed by atoms with Gasteiger partial charge in [0.05, 0.1) is 0 Å². The summed E-state index contributed by atoms with van der Waals surface area (Å²) < 4.78 is 45.4. The number of halogens is 1. The molecule has 0 aromatic rings. The highest BCUT2D eigenvalue weighted by molar-refractivity contribution is 7.87. The summed E-state index contributed by atoms with van der Waals surface area (Å²) in [4.78, 5) is 11.4. The van der Waals surface area contributed by atoms with E-state index in [1.54, 1.807) is 0 Å². The lowest BCUT2D eigenvalue weighted by Crippen LogP contribution is -2.43. The Labute approximate surface area is 101 Å². The first-order valence-electron chi connectivity index (χ1n) is 6.00. The van der Waals surface area contributed by atoms with Crippen LogP contribution in [0.25, 0.3) is 0 Å². The molecule has 0 heterocycles. The maximum atomic E-state index is 14.3. The van der Waals surface area contributed by atoms with Crippen molar-refractivity contribution in [2.75, 3.05) is 0 Å². The van der Waals surface area contributed by atoms with Gasteiger partial charge in [-0.3, -0.25) is 9.35 Å². The molecule has 1 unspecified atom stereocenters. The van der Waals surface area contributed by atoms with Crippen molar-refractivity contribution in [2.45, 2.75) is 56.9 Å². The van der Waals surface area contributed by atoms with E-state index in [0.717, 1.165) is 32.1 Å². The van der Waals surface area contributed by atoms with Crippen molar-refractivity contribution in [1.29, 1.82) is 0 Å². The number of hydrogen-bond acceptors (Lipinski definition) is 3. The second kappa shape index (κ2) is 5.44. The summed E-state index contributed by atoms with van der Waals surface area (Å²) in [7, 11) is -4.99. The third-order valence-electron chi connectivity index (χ3n) is 3.42. The molecule has 6 heteroatoms. The Morgan fingerprint density at radius 2 is 1.88 bits per heavy atom. The Balaban J connectivity index is 2.87. The van der Waals surface area contributed by atoms with Crippen LogP contribution in [-0.2, 0) is 14.9 Å². The normalized spacial score (nSPS) is 22.1. The van der Waals surface area contributed by atoms with E-state index < -0.39 is 27.3 Å². The Morgan fingerprint density at radius 1 is 1.35 bits per heavy atom. The number of carbonyl (C=O) groups is 1. The maximum Gasteiger partial charge on any atom is 0.307 e. The molecule has 0 aliphatic heterocycles. The Hall–Kier alpha value is -0.490. The highest BCUT2D eigenvalue weighted by Gasteiger charge is 2.50. The standard InChI is InChI=1S/C11H19FO4S/c1-2-10(13)11(12,17(14,15)16)8-9-6-4-3-5-7-9/h9H,2-8H2,1H3,(H,14,15,16). The van der Waals surface area contributed by atoms with E-state index in [4.69, 9.17) is 4.55 Å². The van der Waals surface area contributed by atoms with Crippen LogP contribution in [0.5, 0.6) is 0 Å². The van der Waals surface area contributed by atoms with Crippen molar-refractivity contribution in [2.24, 2.45) is 5.92 Å². The van der Waals surface area contributed by atoms with E-state index in [0.29, 0.717) is 0 Å². The van der Waals surface area contributed by atoms with E-state index in [1.165, 1.54) is 6.92 Å². The first-order valence-corrected chi connectivity index (χ1v) is 7.44. The predicted octanol–water partition coefficient (Wildman–Crippen LogP) is 2.49. The number of hydrogen-bond donors (Lipinski definition) is 1. The van der Waals surface area contributed by atoms with Gasteiger partial charge in [0.15, 0.2) is 5.78 Å². The Kier molecular flexibility index (Phi) is 4.66. The monoisotopic (exact) mass is 266 g/mol. The van der Waals surface area contributed by atoms with Crippen molar-refractivity contribution < 1.29 is 22.2 Å². The van der Waals surface area contributed by atoms with E-state index in [-0.39, 0.29) is 12.3 Å². The SMILES string of the molecule is CCC(=O)C(F)(CC1CCCCC1)S(=O)(=O)O. The van der Waals surface area contributed by atoms with Crippen molar-refractivity contribution in [3.05, 3.63) is 0 Å². The Morgan fingerprint density at radius 3 is 2.29 bits per heavy atom. The zero-order valence-corrected chi connectivity index (χ0v) is 10.8. The third kappa shape index (κ3) is 3.25. The van der Waals surface area contributed by atoms with Crippen LogP contribution in [0.2, 0.25) is 0 Å². The molecular weight excluding hydrogens is 247 g/mol. The molecule has 100 valence electrons. The fourth-order valence-corrected chi connectivity index (χ4v) is 3.27. The maximum absolute atomic E-state index is 14.3. The van der Waals surface area contributed by atoms with E-state index >= 15 is 0 Å². The lowest BCUT2D eigenvalue weighted by Gasteiger charge is -2.28. The van der Waals surface area contributed by atoms with Gasteiger partial charge in [-0.05, 0) is 5.92 Å². The minimum atomic E-state index is -4.99. The summed E-state index contributed by atoms with van der Waals surface area (Å²) in [6.45, 7) is 1.39. The molecule has 0 aromatic heterocycles. The predicted molar refractivity (Wildman–Crippen MR) is 61.9 cm³/mol. The van der Waals surface area contributed by atoms with Crippen LogP contribution in [0.4, 0.5) is 4.39 Å². The number of carbonyl (C=O) groups excluding carboxylic acids is 1. The number of rotatable bonds is 5. The number of ketones is 1. The van der Waals surface area contributed by atoms with Crippen molar-refractivity contribution in [3.63, 3.8) is 0 Å². The van der Waals surface area contributed by atoms with Crippen molar-refractivity contribution >= 4 is 15.9 Å². The molecule has 1 rings (SSSR count). The van der Waals surface area contributed by atoms with Gasteiger partial charge < -0.3 is 0 Å².